The van der Waals surface area contributed by atoms with Crippen molar-refractivity contribution in [2.45, 2.75) is 26.8 Å². The number of hydrogen-bond acceptors (Lipinski definition) is 4. The molecule has 1 rings (SSSR count). The second-order valence-electron chi connectivity index (χ2n) is 4.75. The SMILES string of the molecule is Cc1nccc(NC(CN(C)C)C(C)C)n1. The van der Waals surface area contributed by atoms with E-state index >= 15 is 0 Å². The van der Waals surface area contributed by atoms with Crippen LogP contribution in [0.4, 0.5) is 5.82 Å². The van der Waals surface area contributed by atoms with E-state index in [0.29, 0.717) is 12.0 Å². The number of likely N-dealkylation sites (N-methyl/N-ethyl adjacent to an activating group) is 1. The van der Waals surface area contributed by atoms with Gasteiger partial charge in [0.1, 0.15) is 11.6 Å². The van der Waals surface area contributed by atoms with E-state index in [1.165, 1.54) is 0 Å². The van der Waals surface area contributed by atoms with Gasteiger partial charge in [0, 0.05) is 18.8 Å². The fourth-order valence-electron chi connectivity index (χ4n) is 1.54. The highest BCUT2D eigenvalue weighted by atomic mass is 15.1. The van der Waals surface area contributed by atoms with Gasteiger partial charge in [0.25, 0.3) is 0 Å². The molecule has 1 aromatic rings. The molecule has 0 saturated carbocycles. The van der Waals surface area contributed by atoms with Gasteiger partial charge < -0.3 is 10.2 Å². The highest BCUT2D eigenvalue weighted by molar-refractivity contribution is 5.34. The quantitative estimate of drug-likeness (QED) is 0.824. The average molecular weight is 222 g/mol. The van der Waals surface area contributed by atoms with E-state index in [2.05, 4.69) is 48.1 Å². The molecule has 0 bridgehead atoms. The molecule has 0 aromatic carbocycles. The van der Waals surface area contributed by atoms with Crippen LogP contribution in [0.3, 0.4) is 0 Å². The molecule has 16 heavy (non-hydrogen) atoms. The summed E-state index contributed by atoms with van der Waals surface area (Å²) >= 11 is 0. The Kier molecular flexibility index (Phi) is 4.68. The Balaban J connectivity index is 2.68. The second-order valence-corrected chi connectivity index (χ2v) is 4.75. The maximum Gasteiger partial charge on any atom is 0.129 e. The summed E-state index contributed by atoms with van der Waals surface area (Å²) in [5.41, 5.74) is 0. The molecule has 0 spiro atoms. The average Bonchev–Trinajstić information content (AvgIpc) is 2.15. The fourth-order valence-corrected chi connectivity index (χ4v) is 1.54. The van der Waals surface area contributed by atoms with E-state index in [4.69, 9.17) is 0 Å². The van der Waals surface area contributed by atoms with Crippen molar-refractivity contribution < 1.29 is 0 Å². The normalized spacial score (nSPS) is 13.2. The predicted molar refractivity (Wildman–Crippen MR) is 67.6 cm³/mol. The summed E-state index contributed by atoms with van der Waals surface area (Å²) in [5.74, 6) is 2.28. The molecule has 1 heterocycles. The van der Waals surface area contributed by atoms with Gasteiger partial charge in [-0.1, -0.05) is 13.8 Å². The van der Waals surface area contributed by atoms with E-state index in [0.717, 1.165) is 18.2 Å². The summed E-state index contributed by atoms with van der Waals surface area (Å²) < 4.78 is 0. The van der Waals surface area contributed by atoms with E-state index in [1.54, 1.807) is 6.20 Å². The van der Waals surface area contributed by atoms with Crippen molar-refractivity contribution in [1.82, 2.24) is 14.9 Å². The van der Waals surface area contributed by atoms with Gasteiger partial charge in [-0.25, -0.2) is 9.97 Å². The number of nitrogens with zero attached hydrogens (tertiary/aromatic N) is 3. The Bertz CT molecular complexity index is 323. The number of nitrogens with one attached hydrogen (secondary N) is 1. The molecular weight excluding hydrogens is 200 g/mol. The first-order valence-corrected chi connectivity index (χ1v) is 5.70. The molecule has 1 atom stereocenters. The second kappa shape index (κ2) is 5.80. The lowest BCUT2D eigenvalue weighted by Gasteiger charge is -2.26. The van der Waals surface area contributed by atoms with Crippen LogP contribution in [0, 0.1) is 12.8 Å². The molecule has 0 saturated heterocycles. The minimum Gasteiger partial charge on any atom is -0.366 e. The van der Waals surface area contributed by atoms with Crippen LogP contribution >= 0.6 is 0 Å². The molecule has 0 aliphatic rings. The van der Waals surface area contributed by atoms with Gasteiger partial charge in [0.2, 0.25) is 0 Å². The third-order valence-electron chi connectivity index (χ3n) is 2.48. The standard InChI is InChI=1S/C12H22N4/c1-9(2)11(8-16(4)5)15-12-6-7-13-10(3)14-12/h6-7,9,11H,8H2,1-5H3,(H,13,14,15). The lowest BCUT2D eigenvalue weighted by Crippen LogP contribution is -2.36. The van der Waals surface area contributed by atoms with E-state index < -0.39 is 0 Å². The van der Waals surface area contributed by atoms with Crippen molar-refractivity contribution in [3.63, 3.8) is 0 Å². The summed E-state index contributed by atoms with van der Waals surface area (Å²) in [6.07, 6.45) is 1.79. The van der Waals surface area contributed by atoms with Crippen LogP contribution in [-0.4, -0.2) is 41.5 Å². The third kappa shape index (κ3) is 4.14. The maximum atomic E-state index is 4.36. The molecule has 0 radical (unpaired) electrons. The molecule has 0 fully saturated rings. The number of hydrogen-bond donors (Lipinski definition) is 1. The first-order valence-electron chi connectivity index (χ1n) is 5.70. The van der Waals surface area contributed by atoms with Crippen LogP contribution in [0.2, 0.25) is 0 Å². The van der Waals surface area contributed by atoms with Crippen molar-refractivity contribution >= 4 is 5.82 Å². The maximum absolute atomic E-state index is 4.36. The Morgan fingerprint density at radius 3 is 2.56 bits per heavy atom. The summed E-state index contributed by atoms with van der Waals surface area (Å²) in [7, 11) is 4.17. The van der Waals surface area contributed by atoms with Crippen molar-refractivity contribution in [2.24, 2.45) is 5.92 Å². The van der Waals surface area contributed by atoms with Crippen molar-refractivity contribution in [3.8, 4) is 0 Å². The zero-order valence-corrected chi connectivity index (χ0v) is 10.9. The Morgan fingerprint density at radius 1 is 1.38 bits per heavy atom. The minimum absolute atomic E-state index is 0.407. The molecule has 1 aromatic heterocycles. The van der Waals surface area contributed by atoms with Crippen LogP contribution in [0.15, 0.2) is 12.3 Å². The van der Waals surface area contributed by atoms with Gasteiger partial charge in [-0.3, -0.25) is 0 Å². The van der Waals surface area contributed by atoms with Crippen LogP contribution in [0.1, 0.15) is 19.7 Å². The number of anilines is 1. The van der Waals surface area contributed by atoms with Gasteiger partial charge in [-0.2, -0.15) is 0 Å². The largest absolute Gasteiger partial charge is 0.366 e. The first kappa shape index (κ1) is 12.9. The zero-order chi connectivity index (χ0) is 12.1. The van der Waals surface area contributed by atoms with Gasteiger partial charge >= 0.3 is 0 Å². The van der Waals surface area contributed by atoms with E-state index in [-0.39, 0.29) is 0 Å². The van der Waals surface area contributed by atoms with Gasteiger partial charge in [0.15, 0.2) is 0 Å². The molecular formula is C12H22N4. The smallest absolute Gasteiger partial charge is 0.129 e. The van der Waals surface area contributed by atoms with E-state index in [9.17, 15) is 0 Å². The molecule has 1 N–H and O–H groups in total. The molecule has 0 aliphatic heterocycles. The summed E-state index contributed by atoms with van der Waals surface area (Å²) in [4.78, 5) is 10.6. The lowest BCUT2D eigenvalue weighted by molar-refractivity contribution is 0.344. The Morgan fingerprint density at radius 2 is 2.06 bits per heavy atom. The van der Waals surface area contributed by atoms with Gasteiger partial charge in [0.05, 0.1) is 0 Å². The highest BCUT2D eigenvalue weighted by Gasteiger charge is 2.14. The molecule has 0 aliphatic carbocycles. The zero-order valence-electron chi connectivity index (χ0n) is 10.9. The third-order valence-corrected chi connectivity index (χ3v) is 2.48. The predicted octanol–water partition coefficient (Wildman–Crippen LogP) is 1.78. The molecule has 4 nitrogen and oxygen atoms in total. The summed E-state index contributed by atoms with van der Waals surface area (Å²) in [6.45, 7) is 7.34. The Hall–Kier alpha value is -1.16. The molecule has 0 amide bonds. The van der Waals surface area contributed by atoms with Crippen LogP contribution in [0.5, 0.6) is 0 Å². The van der Waals surface area contributed by atoms with Crippen molar-refractivity contribution in [1.29, 1.82) is 0 Å². The molecule has 1 unspecified atom stereocenters. The van der Waals surface area contributed by atoms with Crippen molar-refractivity contribution in [3.05, 3.63) is 18.1 Å². The molecule has 90 valence electrons. The summed E-state index contributed by atoms with van der Waals surface area (Å²) in [6, 6.07) is 2.32. The first-order chi connectivity index (χ1) is 7.49. The molecule has 4 heteroatoms. The number of aryl methyl sites for hydroxylation is 1. The van der Waals surface area contributed by atoms with Gasteiger partial charge in [-0.05, 0) is 33.0 Å². The minimum atomic E-state index is 0.407. The number of aromatic nitrogens is 2. The monoisotopic (exact) mass is 222 g/mol. The van der Waals surface area contributed by atoms with Gasteiger partial charge in [-0.15, -0.1) is 0 Å². The fraction of sp³-hybridized carbons (Fsp3) is 0.667. The van der Waals surface area contributed by atoms with Crippen LogP contribution < -0.4 is 5.32 Å². The number of rotatable bonds is 5. The summed E-state index contributed by atoms with van der Waals surface area (Å²) in [5, 5.41) is 3.46. The lowest BCUT2D eigenvalue weighted by atomic mass is 10.0. The van der Waals surface area contributed by atoms with E-state index in [1.807, 2.05) is 13.0 Å². The van der Waals surface area contributed by atoms with Crippen LogP contribution in [-0.2, 0) is 0 Å². The Labute approximate surface area is 98.1 Å². The highest BCUT2D eigenvalue weighted by Crippen LogP contribution is 2.10. The van der Waals surface area contributed by atoms with Crippen LogP contribution in [0.25, 0.3) is 0 Å². The van der Waals surface area contributed by atoms with Crippen molar-refractivity contribution in [2.75, 3.05) is 26.0 Å². The topological polar surface area (TPSA) is 41.1 Å².